The Bertz CT molecular complexity index is 568. The van der Waals surface area contributed by atoms with E-state index in [0.29, 0.717) is 12.8 Å². The predicted octanol–water partition coefficient (Wildman–Crippen LogP) is 3.22. The van der Waals surface area contributed by atoms with E-state index >= 15 is 0 Å². The van der Waals surface area contributed by atoms with E-state index in [4.69, 9.17) is 14.2 Å². The van der Waals surface area contributed by atoms with Crippen molar-refractivity contribution in [1.82, 2.24) is 0 Å². The maximum Gasteiger partial charge on any atom is 0.305 e. The molecule has 0 aromatic rings. The number of ether oxygens (including phenoxy) is 3. The number of carbonyl (C=O) groups excluding carboxylic acids is 1. The lowest BCUT2D eigenvalue weighted by Crippen LogP contribution is -2.59. The molecule has 6 atom stereocenters. The highest BCUT2D eigenvalue weighted by Crippen LogP contribution is 2.27. The number of aliphatic hydroxyl groups is 5. The fourth-order valence-electron chi connectivity index (χ4n) is 4.51. The van der Waals surface area contributed by atoms with Crippen molar-refractivity contribution in [3.05, 3.63) is 0 Å². The Morgan fingerprint density at radius 2 is 1.30 bits per heavy atom. The van der Waals surface area contributed by atoms with Crippen LogP contribution in [-0.4, -0.2) is 88.6 Å². The van der Waals surface area contributed by atoms with E-state index in [1.165, 1.54) is 64.2 Å². The van der Waals surface area contributed by atoms with Crippen LogP contribution in [0.5, 0.6) is 0 Å². The van der Waals surface area contributed by atoms with Gasteiger partial charge < -0.3 is 39.7 Å². The van der Waals surface area contributed by atoms with Gasteiger partial charge in [-0.15, -0.1) is 0 Å². The molecule has 0 radical (unpaired) electrons. The Labute approximate surface area is 223 Å². The number of hydrogen-bond acceptors (Lipinski definition) is 9. The fraction of sp³-hybridized carbons (Fsp3) is 0.964. The Morgan fingerprint density at radius 1 is 0.757 bits per heavy atom. The van der Waals surface area contributed by atoms with Crippen LogP contribution in [-0.2, 0) is 19.0 Å². The van der Waals surface area contributed by atoms with Gasteiger partial charge in [-0.1, -0.05) is 90.9 Å². The molecule has 1 aliphatic heterocycles. The smallest absolute Gasteiger partial charge is 0.305 e. The lowest BCUT2D eigenvalue weighted by Gasteiger charge is -2.41. The van der Waals surface area contributed by atoms with Gasteiger partial charge in [0, 0.05) is 6.42 Å². The summed E-state index contributed by atoms with van der Waals surface area (Å²) in [5, 5.41) is 49.2. The second-order valence-corrected chi connectivity index (χ2v) is 10.7. The largest absolute Gasteiger partial charge is 0.465 e. The molecule has 9 nitrogen and oxygen atoms in total. The minimum atomic E-state index is -1.54. The summed E-state index contributed by atoms with van der Waals surface area (Å²) in [6.45, 7) is 3.05. The molecule has 1 heterocycles. The van der Waals surface area contributed by atoms with E-state index in [0.717, 1.165) is 19.3 Å². The van der Waals surface area contributed by atoms with Crippen molar-refractivity contribution in [3.8, 4) is 0 Å². The third kappa shape index (κ3) is 13.2. The molecule has 0 bridgehead atoms. The van der Waals surface area contributed by atoms with Gasteiger partial charge in [0.05, 0.1) is 25.2 Å². The summed E-state index contributed by atoms with van der Waals surface area (Å²) >= 11 is 0. The quantitative estimate of drug-likeness (QED) is 0.104. The van der Waals surface area contributed by atoms with Gasteiger partial charge in [-0.25, -0.2) is 0 Å². The SMILES string of the molecule is CCCCCCCCCCCCCCCC(=O)OCC(CC)(CO)CO[C@H]1O[C@H](CO)[C@@H](O)[C@H](O)[C@H]1O. The van der Waals surface area contributed by atoms with Gasteiger partial charge in [-0.2, -0.15) is 0 Å². The molecule has 0 spiro atoms. The monoisotopic (exact) mass is 534 g/mol. The zero-order valence-electron chi connectivity index (χ0n) is 23.2. The molecule has 0 aromatic carbocycles. The first kappa shape index (κ1) is 34.2. The highest BCUT2D eigenvalue weighted by atomic mass is 16.7. The van der Waals surface area contributed by atoms with Gasteiger partial charge >= 0.3 is 5.97 Å². The van der Waals surface area contributed by atoms with Crippen molar-refractivity contribution in [3.63, 3.8) is 0 Å². The van der Waals surface area contributed by atoms with Crippen LogP contribution in [0.25, 0.3) is 0 Å². The normalized spacial score (nSPS) is 25.6. The van der Waals surface area contributed by atoms with E-state index in [1.807, 2.05) is 6.92 Å². The summed E-state index contributed by atoms with van der Waals surface area (Å²) in [4.78, 5) is 12.2. The minimum absolute atomic E-state index is 0.0469. The molecule has 1 aliphatic rings. The molecule has 0 amide bonds. The van der Waals surface area contributed by atoms with E-state index in [-0.39, 0.29) is 25.8 Å². The van der Waals surface area contributed by atoms with Crippen LogP contribution < -0.4 is 0 Å². The summed E-state index contributed by atoms with van der Waals surface area (Å²) < 4.78 is 16.4. The van der Waals surface area contributed by atoms with E-state index < -0.39 is 42.7 Å². The van der Waals surface area contributed by atoms with Crippen LogP contribution >= 0.6 is 0 Å². The first-order valence-corrected chi connectivity index (χ1v) is 14.5. The highest BCUT2D eigenvalue weighted by Gasteiger charge is 2.45. The number of unbranched alkanes of at least 4 members (excludes halogenated alkanes) is 12. The molecule has 0 aliphatic carbocycles. The molecule has 0 saturated carbocycles. The number of esters is 1. The van der Waals surface area contributed by atoms with Crippen molar-refractivity contribution in [2.75, 3.05) is 26.4 Å². The van der Waals surface area contributed by atoms with Gasteiger partial charge in [0.25, 0.3) is 0 Å². The second-order valence-electron chi connectivity index (χ2n) is 10.7. The third-order valence-corrected chi connectivity index (χ3v) is 7.51. The maximum atomic E-state index is 12.2. The number of aliphatic hydroxyl groups excluding tert-OH is 5. The molecule has 1 rings (SSSR count). The van der Waals surface area contributed by atoms with Crippen LogP contribution in [0.15, 0.2) is 0 Å². The van der Waals surface area contributed by atoms with Gasteiger partial charge in [0.15, 0.2) is 6.29 Å². The summed E-state index contributed by atoms with van der Waals surface area (Å²) in [7, 11) is 0. The van der Waals surface area contributed by atoms with E-state index in [9.17, 15) is 30.3 Å². The Hall–Kier alpha value is -0.810. The second kappa shape index (κ2) is 20.1. The molecule has 5 N–H and O–H groups in total. The van der Waals surface area contributed by atoms with Gasteiger partial charge in [0.1, 0.15) is 31.0 Å². The molecule has 220 valence electrons. The topological polar surface area (TPSA) is 146 Å². The Kier molecular flexibility index (Phi) is 18.6. The van der Waals surface area contributed by atoms with Crippen LogP contribution in [0, 0.1) is 5.41 Å². The molecule has 1 fully saturated rings. The Morgan fingerprint density at radius 3 is 1.78 bits per heavy atom. The van der Waals surface area contributed by atoms with Crippen molar-refractivity contribution in [2.45, 2.75) is 141 Å². The Balaban J connectivity index is 2.21. The van der Waals surface area contributed by atoms with Crippen molar-refractivity contribution < 1.29 is 44.5 Å². The van der Waals surface area contributed by atoms with Crippen molar-refractivity contribution in [1.29, 1.82) is 0 Å². The molecular weight excluding hydrogens is 480 g/mol. The molecular formula is C28H54O9. The molecule has 1 saturated heterocycles. The standard InChI is InChI=1S/C28H54O9/c1-3-5-6-7-8-9-10-11-12-13-14-15-16-17-23(31)35-20-28(4-2,19-30)21-36-27-26(34)25(33)24(32)22(18-29)37-27/h22,24-27,29-30,32-34H,3-21H2,1-2H3/t22-,24-,25+,26-,27+,28?/m1/s1. The summed E-state index contributed by atoms with van der Waals surface area (Å²) in [5.41, 5.74) is -0.898. The van der Waals surface area contributed by atoms with Crippen molar-refractivity contribution in [2.24, 2.45) is 5.41 Å². The van der Waals surface area contributed by atoms with Gasteiger partial charge in [0.2, 0.25) is 0 Å². The maximum absolute atomic E-state index is 12.2. The number of carbonyl (C=O) groups is 1. The number of hydrogen-bond donors (Lipinski definition) is 5. The summed E-state index contributed by atoms with van der Waals surface area (Å²) in [6, 6.07) is 0. The van der Waals surface area contributed by atoms with Crippen LogP contribution in [0.3, 0.4) is 0 Å². The van der Waals surface area contributed by atoms with E-state index in [1.54, 1.807) is 0 Å². The average molecular weight is 535 g/mol. The first-order chi connectivity index (χ1) is 17.8. The highest BCUT2D eigenvalue weighted by molar-refractivity contribution is 5.69. The fourth-order valence-corrected chi connectivity index (χ4v) is 4.51. The lowest BCUT2D eigenvalue weighted by atomic mass is 9.88. The zero-order chi connectivity index (χ0) is 27.5. The predicted molar refractivity (Wildman–Crippen MR) is 141 cm³/mol. The minimum Gasteiger partial charge on any atom is -0.465 e. The first-order valence-electron chi connectivity index (χ1n) is 14.5. The molecule has 0 aromatic heterocycles. The van der Waals surface area contributed by atoms with Crippen LogP contribution in [0.2, 0.25) is 0 Å². The number of rotatable bonds is 22. The summed E-state index contributed by atoms with van der Waals surface area (Å²) in [6.07, 6.45) is 9.89. The molecule has 37 heavy (non-hydrogen) atoms. The lowest BCUT2D eigenvalue weighted by molar-refractivity contribution is -0.307. The van der Waals surface area contributed by atoms with Gasteiger partial charge in [-0.05, 0) is 12.8 Å². The van der Waals surface area contributed by atoms with Crippen LogP contribution in [0.1, 0.15) is 110 Å². The average Bonchev–Trinajstić information content (AvgIpc) is 2.91. The van der Waals surface area contributed by atoms with Crippen LogP contribution in [0.4, 0.5) is 0 Å². The molecule has 1 unspecified atom stereocenters. The van der Waals surface area contributed by atoms with Gasteiger partial charge in [-0.3, -0.25) is 4.79 Å². The zero-order valence-corrected chi connectivity index (χ0v) is 23.2. The summed E-state index contributed by atoms with van der Waals surface area (Å²) in [5.74, 6) is -0.317. The third-order valence-electron chi connectivity index (χ3n) is 7.51. The molecule has 9 heteroatoms. The van der Waals surface area contributed by atoms with Crippen molar-refractivity contribution >= 4 is 5.97 Å². The van der Waals surface area contributed by atoms with E-state index in [2.05, 4.69) is 6.92 Å².